The molecule has 3 heterocycles. The fourth-order valence-electron chi connectivity index (χ4n) is 4.58. The van der Waals surface area contributed by atoms with Gasteiger partial charge in [-0.15, -0.1) is 0 Å². The monoisotopic (exact) mass is 477 g/mol. The first-order chi connectivity index (χ1) is 16.8. The smallest absolute Gasteiger partial charge is 0.338 e. The first-order valence-electron chi connectivity index (χ1n) is 11.2. The van der Waals surface area contributed by atoms with Gasteiger partial charge in [-0.25, -0.2) is 19.0 Å². The maximum absolute atomic E-state index is 14.2. The molecule has 180 valence electrons. The van der Waals surface area contributed by atoms with Gasteiger partial charge in [0.25, 0.3) is 5.91 Å². The van der Waals surface area contributed by atoms with Crippen LogP contribution in [0.15, 0.2) is 65.4 Å². The van der Waals surface area contributed by atoms with E-state index >= 15 is 0 Å². The number of anilines is 1. The van der Waals surface area contributed by atoms with E-state index in [-0.39, 0.29) is 18.7 Å². The number of carbonyl (C=O) groups excluding carboxylic acids is 3. The van der Waals surface area contributed by atoms with E-state index in [2.05, 4.69) is 0 Å². The Morgan fingerprint density at radius 3 is 2.51 bits per heavy atom. The van der Waals surface area contributed by atoms with E-state index in [0.717, 1.165) is 16.3 Å². The van der Waals surface area contributed by atoms with E-state index in [4.69, 9.17) is 9.73 Å². The fourth-order valence-corrected chi connectivity index (χ4v) is 4.58. The number of ether oxygens (including phenoxy) is 1. The molecule has 35 heavy (non-hydrogen) atoms. The summed E-state index contributed by atoms with van der Waals surface area (Å²) in [6.45, 7) is 3.76. The van der Waals surface area contributed by atoms with Crippen LogP contribution >= 0.6 is 0 Å². The van der Waals surface area contributed by atoms with E-state index in [9.17, 15) is 18.8 Å². The van der Waals surface area contributed by atoms with Gasteiger partial charge in [-0.3, -0.25) is 14.6 Å². The number of hydrogen-bond acceptors (Lipinski definition) is 7. The average Bonchev–Trinajstić information content (AvgIpc) is 3.36. The number of guanidine groups is 1. The summed E-state index contributed by atoms with van der Waals surface area (Å²) in [6, 6.07) is 11.7. The largest absolute Gasteiger partial charge is 0.462 e. The van der Waals surface area contributed by atoms with E-state index in [1.54, 1.807) is 61.3 Å². The number of urea groups is 1. The molecule has 2 unspecified atom stereocenters. The van der Waals surface area contributed by atoms with Crippen LogP contribution < -0.4 is 4.90 Å². The van der Waals surface area contributed by atoms with Gasteiger partial charge >= 0.3 is 12.0 Å². The van der Waals surface area contributed by atoms with Crippen molar-refractivity contribution in [2.24, 2.45) is 4.99 Å². The molecule has 0 bridgehead atoms. The molecule has 2 aromatic carbocycles. The van der Waals surface area contributed by atoms with Crippen molar-refractivity contribution in [2.75, 3.05) is 18.6 Å². The van der Waals surface area contributed by atoms with Crippen LogP contribution in [0.25, 0.3) is 0 Å². The molecular weight excluding hydrogens is 453 g/mol. The van der Waals surface area contributed by atoms with Crippen molar-refractivity contribution in [3.8, 4) is 0 Å². The minimum absolute atomic E-state index is 0.164. The highest BCUT2D eigenvalue weighted by molar-refractivity contribution is 6.10. The van der Waals surface area contributed by atoms with Crippen molar-refractivity contribution in [1.82, 2.24) is 14.7 Å². The van der Waals surface area contributed by atoms with Gasteiger partial charge in [0.05, 0.1) is 18.7 Å². The third-order valence-corrected chi connectivity index (χ3v) is 6.31. The van der Waals surface area contributed by atoms with Crippen molar-refractivity contribution in [2.45, 2.75) is 32.6 Å². The highest BCUT2D eigenvalue weighted by Crippen LogP contribution is 2.37. The number of halogens is 1. The SMILES string of the molecule is CCOC(=O)c1ccc(N2C(C)=CN3C2=NC2C3C(=O)N(Cc3ccccc3F)C(=O)N2C)cc1. The average molecular weight is 477 g/mol. The molecule has 5 rings (SSSR count). The summed E-state index contributed by atoms with van der Waals surface area (Å²) in [7, 11) is 1.59. The Kier molecular flexibility index (Phi) is 5.50. The first kappa shape index (κ1) is 22.6. The summed E-state index contributed by atoms with van der Waals surface area (Å²) in [5.74, 6) is -0.819. The maximum atomic E-state index is 14.2. The van der Waals surface area contributed by atoms with Crippen LogP contribution in [0.4, 0.5) is 14.9 Å². The Labute approximate surface area is 201 Å². The Hall–Kier alpha value is -4.21. The van der Waals surface area contributed by atoms with Crippen molar-refractivity contribution < 1.29 is 23.5 Å². The molecule has 1 fully saturated rings. The van der Waals surface area contributed by atoms with Crippen LogP contribution in [0.3, 0.4) is 0 Å². The summed E-state index contributed by atoms with van der Waals surface area (Å²) < 4.78 is 19.3. The van der Waals surface area contributed by atoms with E-state index in [1.165, 1.54) is 11.0 Å². The number of benzene rings is 2. The van der Waals surface area contributed by atoms with E-state index in [0.29, 0.717) is 11.5 Å². The number of nitrogens with zero attached hydrogens (tertiary/aromatic N) is 5. The molecule has 3 amide bonds. The van der Waals surface area contributed by atoms with E-state index < -0.39 is 35.9 Å². The first-order valence-corrected chi connectivity index (χ1v) is 11.2. The summed E-state index contributed by atoms with van der Waals surface area (Å²) in [5, 5.41) is 0. The molecule has 2 atom stereocenters. The number of fused-ring (bicyclic) bond motifs is 3. The molecule has 9 nitrogen and oxygen atoms in total. The minimum atomic E-state index is -0.766. The number of esters is 1. The number of imide groups is 1. The summed E-state index contributed by atoms with van der Waals surface area (Å²) in [4.78, 5) is 49.3. The lowest BCUT2D eigenvalue weighted by Crippen LogP contribution is -2.63. The number of rotatable bonds is 5. The molecule has 0 N–H and O–H groups in total. The second-order valence-electron chi connectivity index (χ2n) is 8.48. The second-order valence-corrected chi connectivity index (χ2v) is 8.48. The predicted molar refractivity (Wildman–Crippen MR) is 126 cm³/mol. The van der Waals surface area contributed by atoms with Crippen LogP contribution in [0, 0.1) is 5.82 Å². The molecule has 0 radical (unpaired) electrons. The molecule has 1 saturated heterocycles. The standard InChI is InChI=1S/C25H24FN5O4/c1-4-35-23(33)16-9-11-18(12-10-16)31-15(2)13-29-20-21(27-24(29)31)28(3)25(34)30(22(20)32)14-17-7-5-6-8-19(17)26/h5-13,20-21H,4,14H2,1-3H3. The minimum Gasteiger partial charge on any atom is -0.462 e. The van der Waals surface area contributed by atoms with Crippen molar-refractivity contribution in [3.05, 3.63) is 77.4 Å². The van der Waals surface area contributed by atoms with Gasteiger partial charge in [-0.05, 0) is 44.2 Å². The normalized spacial score (nSPS) is 21.1. The Balaban J connectivity index is 1.43. The van der Waals surface area contributed by atoms with Gasteiger partial charge in [-0.1, -0.05) is 18.2 Å². The van der Waals surface area contributed by atoms with Crippen LogP contribution in [0.2, 0.25) is 0 Å². The zero-order valence-corrected chi connectivity index (χ0v) is 19.5. The third-order valence-electron chi connectivity index (χ3n) is 6.31. The van der Waals surface area contributed by atoms with Gasteiger partial charge < -0.3 is 14.5 Å². The number of carbonyl (C=O) groups is 3. The summed E-state index contributed by atoms with van der Waals surface area (Å²) in [5.41, 5.74) is 2.26. The van der Waals surface area contributed by atoms with Crippen LogP contribution in [-0.2, 0) is 16.1 Å². The van der Waals surface area contributed by atoms with Crippen molar-refractivity contribution in [3.63, 3.8) is 0 Å². The lowest BCUT2D eigenvalue weighted by molar-refractivity contribution is -0.137. The maximum Gasteiger partial charge on any atom is 0.338 e. The van der Waals surface area contributed by atoms with Crippen molar-refractivity contribution in [1.29, 1.82) is 0 Å². The molecule has 0 aliphatic carbocycles. The lowest BCUT2D eigenvalue weighted by Gasteiger charge is -2.40. The van der Waals surface area contributed by atoms with Crippen LogP contribution in [-0.4, -0.2) is 64.4 Å². The number of allylic oxidation sites excluding steroid dienone is 1. The molecule has 0 saturated carbocycles. The van der Waals surface area contributed by atoms with Crippen LogP contribution in [0.1, 0.15) is 29.8 Å². The molecule has 3 aliphatic heterocycles. The molecule has 10 heteroatoms. The highest BCUT2D eigenvalue weighted by atomic mass is 19.1. The zero-order valence-electron chi connectivity index (χ0n) is 19.5. The highest BCUT2D eigenvalue weighted by Gasteiger charge is 2.54. The van der Waals surface area contributed by atoms with Gasteiger partial charge in [0, 0.05) is 30.2 Å². The Morgan fingerprint density at radius 1 is 1.11 bits per heavy atom. The third kappa shape index (κ3) is 3.61. The molecular formula is C25H24FN5O4. The topological polar surface area (TPSA) is 85.8 Å². The quantitative estimate of drug-likeness (QED) is 0.615. The number of likely N-dealkylation sites (N-methyl/N-ethyl adjacent to an activating group) is 1. The number of hydrogen-bond donors (Lipinski definition) is 0. The molecule has 0 aromatic heterocycles. The zero-order chi connectivity index (χ0) is 24.9. The van der Waals surface area contributed by atoms with Gasteiger partial charge in [0.15, 0.2) is 12.2 Å². The van der Waals surface area contributed by atoms with Crippen LogP contribution in [0.5, 0.6) is 0 Å². The fraction of sp³-hybridized carbons (Fsp3) is 0.280. The lowest BCUT2D eigenvalue weighted by atomic mass is 10.1. The number of amides is 3. The van der Waals surface area contributed by atoms with Crippen molar-refractivity contribution >= 4 is 29.6 Å². The Morgan fingerprint density at radius 2 is 1.83 bits per heavy atom. The summed E-state index contributed by atoms with van der Waals surface area (Å²) >= 11 is 0. The molecule has 3 aliphatic rings. The van der Waals surface area contributed by atoms with Gasteiger partial charge in [0.1, 0.15) is 5.82 Å². The summed E-state index contributed by atoms with van der Waals surface area (Å²) in [6.07, 6.45) is 1.10. The molecule has 2 aromatic rings. The van der Waals surface area contributed by atoms with Gasteiger partial charge in [0.2, 0.25) is 5.96 Å². The number of aliphatic imine (C=N–C) groups is 1. The molecule has 0 spiro atoms. The van der Waals surface area contributed by atoms with E-state index in [1.807, 2.05) is 18.0 Å². The second kappa shape index (κ2) is 8.53. The van der Waals surface area contributed by atoms with Gasteiger partial charge in [-0.2, -0.15) is 0 Å². The Bertz CT molecular complexity index is 1270. The predicted octanol–water partition coefficient (Wildman–Crippen LogP) is 3.14.